The van der Waals surface area contributed by atoms with E-state index in [2.05, 4.69) is 0 Å². The van der Waals surface area contributed by atoms with Crippen LogP contribution in [0.5, 0.6) is 11.5 Å². The molecule has 2 rings (SSSR count). The fourth-order valence-corrected chi connectivity index (χ4v) is 2.03. The van der Waals surface area contributed by atoms with Gasteiger partial charge in [0, 0.05) is 6.42 Å². The number of phenols is 1. The molecular weight excluding hydrogens is 238 g/mol. The summed E-state index contributed by atoms with van der Waals surface area (Å²) in [4.78, 5) is 0. The Bertz CT molecular complexity index is 526. The van der Waals surface area contributed by atoms with Crippen LogP contribution in [0.25, 0.3) is 0 Å². The van der Waals surface area contributed by atoms with E-state index >= 15 is 0 Å². The first-order chi connectivity index (χ1) is 9.20. The SMILES string of the molecule is Cc1cc(O)ccc1O[C@H](CCN)c1ccccc1. The number of hydrogen-bond donors (Lipinski definition) is 2. The van der Waals surface area contributed by atoms with Crippen molar-refractivity contribution in [3.05, 3.63) is 59.7 Å². The summed E-state index contributed by atoms with van der Waals surface area (Å²) < 4.78 is 6.04. The van der Waals surface area contributed by atoms with Crippen LogP contribution in [0.3, 0.4) is 0 Å². The molecule has 0 unspecified atom stereocenters. The third-order valence-corrected chi connectivity index (χ3v) is 3.03. The second-order valence-corrected chi connectivity index (χ2v) is 4.54. The van der Waals surface area contributed by atoms with Crippen LogP contribution >= 0.6 is 0 Å². The van der Waals surface area contributed by atoms with Crippen molar-refractivity contribution in [2.24, 2.45) is 5.73 Å². The fraction of sp³-hybridized carbons (Fsp3) is 0.250. The van der Waals surface area contributed by atoms with E-state index < -0.39 is 0 Å². The van der Waals surface area contributed by atoms with E-state index in [1.165, 1.54) is 0 Å². The molecule has 0 aliphatic carbocycles. The standard InChI is InChI=1S/C16H19NO2/c1-12-11-14(18)7-8-15(12)19-16(9-10-17)13-5-3-2-4-6-13/h2-8,11,16,18H,9-10,17H2,1H3/t16-/m1/s1. The van der Waals surface area contributed by atoms with Gasteiger partial charge in [-0.2, -0.15) is 0 Å². The van der Waals surface area contributed by atoms with Crippen molar-refractivity contribution in [1.82, 2.24) is 0 Å². The summed E-state index contributed by atoms with van der Waals surface area (Å²) in [5.41, 5.74) is 7.69. The third-order valence-electron chi connectivity index (χ3n) is 3.03. The van der Waals surface area contributed by atoms with Crippen LogP contribution in [0.15, 0.2) is 48.5 Å². The highest BCUT2D eigenvalue weighted by atomic mass is 16.5. The van der Waals surface area contributed by atoms with Crippen molar-refractivity contribution in [3.63, 3.8) is 0 Å². The van der Waals surface area contributed by atoms with E-state index in [1.807, 2.05) is 37.3 Å². The molecule has 0 heterocycles. The molecule has 0 spiro atoms. The number of rotatable bonds is 5. The van der Waals surface area contributed by atoms with Crippen molar-refractivity contribution in [1.29, 1.82) is 0 Å². The number of ether oxygens (including phenoxy) is 1. The lowest BCUT2D eigenvalue weighted by Gasteiger charge is -2.20. The van der Waals surface area contributed by atoms with Crippen LogP contribution in [0.1, 0.15) is 23.7 Å². The minimum absolute atomic E-state index is 0.0607. The van der Waals surface area contributed by atoms with Crippen LogP contribution < -0.4 is 10.5 Å². The lowest BCUT2D eigenvalue weighted by atomic mass is 10.1. The summed E-state index contributed by atoms with van der Waals surface area (Å²) in [6, 6.07) is 15.2. The van der Waals surface area contributed by atoms with Crippen LogP contribution in [-0.2, 0) is 0 Å². The number of nitrogens with two attached hydrogens (primary N) is 1. The van der Waals surface area contributed by atoms with Gasteiger partial charge in [-0.3, -0.25) is 0 Å². The Balaban J connectivity index is 2.21. The Morgan fingerprint density at radius 3 is 2.53 bits per heavy atom. The average molecular weight is 257 g/mol. The van der Waals surface area contributed by atoms with Gasteiger partial charge in [0.25, 0.3) is 0 Å². The highest BCUT2D eigenvalue weighted by Gasteiger charge is 2.13. The molecule has 0 bridgehead atoms. The van der Waals surface area contributed by atoms with E-state index in [9.17, 15) is 5.11 Å². The lowest BCUT2D eigenvalue weighted by molar-refractivity contribution is 0.196. The fourth-order valence-electron chi connectivity index (χ4n) is 2.03. The van der Waals surface area contributed by atoms with Gasteiger partial charge in [-0.05, 0) is 42.8 Å². The molecule has 0 amide bonds. The topological polar surface area (TPSA) is 55.5 Å². The first kappa shape index (κ1) is 13.4. The lowest BCUT2D eigenvalue weighted by Crippen LogP contribution is -2.13. The largest absolute Gasteiger partial charge is 0.508 e. The van der Waals surface area contributed by atoms with Crippen LogP contribution in [-0.4, -0.2) is 11.7 Å². The maximum Gasteiger partial charge on any atom is 0.125 e. The molecule has 0 fully saturated rings. The highest BCUT2D eigenvalue weighted by Crippen LogP contribution is 2.29. The third kappa shape index (κ3) is 3.48. The molecule has 2 aromatic rings. The Morgan fingerprint density at radius 2 is 1.89 bits per heavy atom. The summed E-state index contributed by atoms with van der Waals surface area (Å²) in [5.74, 6) is 1.03. The predicted molar refractivity (Wildman–Crippen MR) is 76.3 cm³/mol. The quantitative estimate of drug-likeness (QED) is 0.865. The molecule has 0 aliphatic heterocycles. The number of aryl methyl sites for hydroxylation is 1. The molecule has 3 nitrogen and oxygen atoms in total. The average Bonchev–Trinajstić information content (AvgIpc) is 2.42. The predicted octanol–water partition coefficient (Wildman–Crippen LogP) is 3.17. The second-order valence-electron chi connectivity index (χ2n) is 4.54. The van der Waals surface area contributed by atoms with Crippen molar-refractivity contribution in [2.75, 3.05) is 6.54 Å². The summed E-state index contributed by atoms with van der Waals surface area (Å²) in [5, 5.41) is 9.42. The summed E-state index contributed by atoms with van der Waals surface area (Å²) in [6.45, 7) is 2.48. The van der Waals surface area contributed by atoms with E-state index in [0.717, 1.165) is 23.3 Å². The van der Waals surface area contributed by atoms with Gasteiger partial charge in [-0.1, -0.05) is 30.3 Å². The normalized spacial score (nSPS) is 12.1. The Kier molecular flexibility index (Phi) is 4.42. The number of benzene rings is 2. The van der Waals surface area contributed by atoms with Crippen molar-refractivity contribution in [3.8, 4) is 11.5 Å². The van der Waals surface area contributed by atoms with Gasteiger partial charge < -0.3 is 15.6 Å². The molecule has 100 valence electrons. The monoisotopic (exact) mass is 257 g/mol. The van der Waals surface area contributed by atoms with Crippen molar-refractivity contribution >= 4 is 0 Å². The van der Waals surface area contributed by atoms with Crippen LogP contribution in [0.4, 0.5) is 0 Å². The Morgan fingerprint density at radius 1 is 1.16 bits per heavy atom. The summed E-state index contributed by atoms with van der Waals surface area (Å²) in [6.07, 6.45) is 0.694. The smallest absolute Gasteiger partial charge is 0.125 e. The molecule has 19 heavy (non-hydrogen) atoms. The maximum absolute atomic E-state index is 9.42. The Hall–Kier alpha value is -2.00. The van der Waals surface area contributed by atoms with E-state index in [-0.39, 0.29) is 11.9 Å². The minimum Gasteiger partial charge on any atom is -0.508 e. The summed E-state index contributed by atoms with van der Waals surface area (Å²) in [7, 11) is 0. The maximum atomic E-state index is 9.42. The molecule has 2 aromatic carbocycles. The van der Waals surface area contributed by atoms with E-state index in [1.54, 1.807) is 18.2 Å². The van der Waals surface area contributed by atoms with Gasteiger partial charge in [0.15, 0.2) is 0 Å². The highest BCUT2D eigenvalue weighted by molar-refractivity contribution is 5.39. The van der Waals surface area contributed by atoms with Gasteiger partial charge >= 0.3 is 0 Å². The van der Waals surface area contributed by atoms with Gasteiger partial charge in [-0.15, -0.1) is 0 Å². The molecule has 0 aliphatic rings. The number of aromatic hydroxyl groups is 1. The molecule has 3 N–H and O–H groups in total. The molecule has 3 heteroatoms. The van der Waals surface area contributed by atoms with E-state index in [0.29, 0.717) is 6.54 Å². The van der Waals surface area contributed by atoms with Gasteiger partial charge in [0.1, 0.15) is 17.6 Å². The molecule has 0 saturated heterocycles. The zero-order valence-electron chi connectivity index (χ0n) is 11.0. The molecular formula is C16H19NO2. The van der Waals surface area contributed by atoms with Crippen LogP contribution in [0.2, 0.25) is 0 Å². The minimum atomic E-state index is -0.0607. The molecule has 0 radical (unpaired) electrons. The first-order valence-corrected chi connectivity index (χ1v) is 6.42. The van der Waals surface area contributed by atoms with Crippen molar-refractivity contribution in [2.45, 2.75) is 19.4 Å². The van der Waals surface area contributed by atoms with Crippen molar-refractivity contribution < 1.29 is 9.84 Å². The molecule has 0 aromatic heterocycles. The van der Waals surface area contributed by atoms with Gasteiger partial charge in [-0.25, -0.2) is 0 Å². The van der Waals surface area contributed by atoms with Gasteiger partial charge in [0.05, 0.1) is 0 Å². The number of phenolic OH excluding ortho intramolecular Hbond substituents is 1. The zero-order valence-corrected chi connectivity index (χ0v) is 11.0. The number of hydrogen-bond acceptors (Lipinski definition) is 3. The Labute approximate surface area is 113 Å². The second kappa shape index (κ2) is 6.25. The molecule has 1 atom stereocenters. The van der Waals surface area contributed by atoms with Crippen LogP contribution in [0, 0.1) is 6.92 Å². The zero-order chi connectivity index (χ0) is 13.7. The van der Waals surface area contributed by atoms with Gasteiger partial charge in [0.2, 0.25) is 0 Å². The molecule has 0 saturated carbocycles. The van der Waals surface area contributed by atoms with E-state index in [4.69, 9.17) is 10.5 Å². The first-order valence-electron chi connectivity index (χ1n) is 6.42. The summed E-state index contributed by atoms with van der Waals surface area (Å²) >= 11 is 0.